The molecule has 0 saturated carbocycles. The van der Waals surface area contributed by atoms with Gasteiger partial charge in [-0.3, -0.25) is 0 Å². The molecule has 0 fully saturated rings. The molecule has 0 saturated heterocycles. The molecule has 0 aromatic heterocycles. The first-order chi connectivity index (χ1) is 2.00. The Kier molecular flexibility index (Phi) is 25.8. The summed E-state index contributed by atoms with van der Waals surface area (Å²) in [6.45, 7) is 0. The molecule has 3 nitrogen and oxygen atoms in total. The summed E-state index contributed by atoms with van der Waals surface area (Å²) < 4.78 is 18.6. The minimum Gasteiger partial charge on any atom is -0.786 e. The van der Waals surface area contributed by atoms with Gasteiger partial charge in [-0.15, -0.1) is 0 Å². The normalized spacial score (nSPS) is 7.38. The van der Waals surface area contributed by atoms with E-state index in [1.165, 1.54) is 0 Å². The molecule has 0 aromatic carbocycles. The van der Waals surface area contributed by atoms with Crippen molar-refractivity contribution in [1.82, 2.24) is 0 Å². The molecule has 8 heavy (non-hydrogen) atoms. The van der Waals surface area contributed by atoms with E-state index in [0.29, 0.717) is 0 Å². The Morgan fingerprint density at radius 3 is 1.38 bits per heavy atom. The first-order valence-electron chi connectivity index (χ1n) is 0.717. The van der Waals surface area contributed by atoms with E-state index in [-0.39, 0.29) is 65.5 Å². The van der Waals surface area contributed by atoms with Crippen molar-refractivity contribution in [3.63, 3.8) is 0 Å². The second-order valence-electron chi connectivity index (χ2n) is 0.431. The van der Waals surface area contributed by atoms with Crippen molar-refractivity contribution in [3.05, 3.63) is 0 Å². The summed E-state index contributed by atoms with van der Waals surface area (Å²) >= 11 is 0. The first-order valence-corrected chi connectivity index (χ1v) is 2.15. The van der Waals surface area contributed by atoms with E-state index in [9.17, 15) is 4.20 Å². The Hall–Kier alpha value is 2.20. The van der Waals surface area contributed by atoms with E-state index in [0.717, 1.165) is 0 Å². The maximum Gasteiger partial charge on any atom is 3.00 e. The summed E-state index contributed by atoms with van der Waals surface area (Å²) in [6, 6.07) is 0. The largest absolute Gasteiger partial charge is 3.00 e. The monoisotopic (exact) mass is 224 g/mol. The molecule has 0 aliphatic heterocycles. The minimum absolute atomic E-state index is 0. The first kappa shape index (κ1) is 22.5. The number of halogens is 1. The third-order valence-corrected chi connectivity index (χ3v) is 0. The molecule has 8 heteroatoms. The zero-order valence-corrected chi connectivity index (χ0v) is 9.47. The quantitative estimate of drug-likeness (QED) is 0.309. The molecule has 2 radical (unpaired) electrons. The maximum absolute atomic E-state index is 10.1. The van der Waals surface area contributed by atoms with Crippen LogP contribution in [0.1, 0.15) is 0 Å². The van der Waals surface area contributed by atoms with Crippen LogP contribution >= 0.6 is 7.91 Å². The van der Waals surface area contributed by atoms with Gasteiger partial charge in [-0.1, -0.05) is 0 Å². The van der Waals surface area contributed by atoms with Gasteiger partial charge < -0.3 is 14.4 Å². The Morgan fingerprint density at radius 2 is 1.38 bits per heavy atom. The Balaban J connectivity index is -0.0000000267. The molecule has 0 bridgehead atoms. The smallest absolute Gasteiger partial charge is 0.786 e. The molecule has 0 aliphatic rings. The van der Waals surface area contributed by atoms with Crippen LogP contribution in [0.3, 0.4) is 0 Å². The molecule has 0 heterocycles. The molecule has 0 aliphatic carbocycles. The van der Waals surface area contributed by atoms with Gasteiger partial charge in [0.1, 0.15) is 7.91 Å². The van der Waals surface area contributed by atoms with Crippen LogP contribution in [0.2, 0.25) is 0 Å². The average Bonchev–Trinajstić information content (AvgIpc) is 0.722. The fourth-order valence-electron chi connectivity index (χ4n) is 0. The van der Waals surface area contributed by atoms with Gasteiger partial charge in [0.15, 0.2) is 0 Å². The molecular formula is CrFNaO3PV+2. The van der Waals surface area contributed by atoms with Gasteiger partial charge in [0.2, 0.25) is 0 Å². The SMILES string of the molecule is O=P([O-])([O-])F.[Cr+3].[Na+].[V]. The summed E-state index contributed by atoms with van der Waals surface area (Å²) in [5, 5.41) is 0. The van der Waals surface area contributed by atoms with Gasteiger partial charge in [-0.05, 0) is 0 Å². The standard InChI is InChI=1S/Cr.FH2O3P.Na.V/c;1-5(2,3)4;;/h;(H2,2,3,4);;/q+3;;+1;/p-2. The van der Waals surface area contributed by atoms with Gasteiger partial charge >= 0.3 is 46.9 Å². The Labute approximate surface area is 91.0 Å². The summed E-state index contributed by atoms with van der Waals surface area (Å²) in [5.74, 6) is 0. The Morgan fingerprint density at radius 1 is 1.38 bits per heavy atom. The Bertz CT molecular complexity index is 65.4. The summed E-state index contributed by atoms with van der Waals surface area (Å²) in [4.78, 5) is 16.9. The molecule has 0 unspecified atom stereocenters. The second-order valence-corrected chi connectivity index (χ2v) is 1.29. The fraction of sp³-hybridized carbons (Fsp3) is 0. The predicted molar refractivity (Wildman–Crippen MR) is 8.71 cm³/mol. The van der Waals surface area contributed by atoms with Crippen molar-refractivity contribution < 1.29 is 84.0 Å². The van der Waals surface area contributed by atoms with Gasteiger partial charge in [0, 0.05) is 18.6 Å². The number of rotatable bonds is 0. The third kappa shape index (κ3) is 88.0. The molecule has 0 atom stereocenters. The summed E-state index contributed by atoms with van der Waals surface area (Å²) in [7, 11) is -5.64. The zero-order valence-electron chi connectivity index (χ0n) is 3.91. The van der Waals surface area contributed by atoms with Gasteiger partial charge in [-0.2, -0.15) is 0 Å². The van der Waals surface area contributed by atoms with E-state index in [1.807, 2.05) is 0 Å². The predicted octanol–water partition coefficient (Wildman–Crippen LogP) is -4.22. The van der Waals surface area contributed by atoms with E-state index >= 15 is 0 Å². The van der Waals surface area contributed by atoms with Crippen molar-refractivity contribution in [2.45, 2.75) is 0 Å². The van der Waals surface area contributed by atoms with Crippen LogP contribution in [0.15, 0.2) is 0 Å². The van der Waals surface area contributed by atoms with E-state index in [2.05, 4.69) is 0 Å². The van der Waals surface area contributed by atoms with E-state index in [4.69, 9.17) is 14.4 Å². The van der Waals surface area contributed by atoms with Crippen LogP contribution in [0, 0.1) is 0 Å². The molecule has 0 N–H and O–H groups in total. The van der Waals surface area contributed by atoms with E-state index in [1.54, 1.807) is 0 Å². The topological polar surface area (TPSA) is 63.2 Å². The molecule has 0 rings (SSSR count). The van der Waals surface area contributed by atoms with Crippen molar-refractivity contribution >= 4 is 7.91 Å². The minimum atomic E-state index is -5.64. The van der Waals surface area contributed by atoms with Crippen LogP contribution in [0.4, 0.5) is 4.20 Å². The van der Waals surface area contributed by atoms with Gasteiger partial charge in [0.25, 0.3) is 0 Å². The maximum atomic E-state index is 10.1. The number of hydrogen-bond donors (Lipinski definition) is 0. The van der Waals surface area contributed by atoms with E-state index < -0.39 is 7.91 Å². The molecule has 0 spiro atoms. The van der Waals surface area contributed by atoms with Crippen molar-refractivity contribution in [3.8, 4) is 0 Å². The van der Waals surface area contributed by atoms with Crippen LogP contribution in [0.5, 0.6) is 0 Å². The van der Waals surface area contributed by atoms with Crippen molar-refractivity contribution in [2.75, 3.05) is 0 Å². The van der Waals surface area contributed by atoms with Crippen LogP contribution in [-0.2, 0) is 40.5 Å². The summed E-state index contributed by atoms with van der Waals surface area (Å²) in [6.07, 6.45) is 0. The molecular weight excluding hydrogens is 224 g/mol. The van der Waals surface area contributed by atoms with Crippen molar-refractivity contribution in [1.29, 1.82) is 0 Å². The average molecular weight is 224 g/mol. The fourth-order valence-corrected chi connectivity index (χ4v) is 0. The van der Waals surface area contributed by atoms with Crippen molar-refractivity contribution in [2.24, 2.45) is 0 Å². The third-order valence-electron chi connectivity index (χ3n) is 0. The van der Waals surface area contributed by atoms with Gasteiger partial charge in [-0.25, -0.2) is 4.20 Å². The van der Waals surface area contributed by atoms with Gasteiger partial charge in [0.05, 0.1) is 0 Å². The zero-order chi connectivity index (χ0) is 4.50. The summed E-state index contributed by atoms with van der Waals surface area (Å²) in [5.41, 5.74) is 0. The molecule has 0 amide bonds. The van der Waals surface area contributed by atoms with Crippen LogP contribution in [0.25, 0.3) is 0 Å². The second kappa shape index (κ2) is 9.20. The number of hydrogen-bond acceptors (Lipinski definition) is 3. The van der Waals surface area contributed by atoms with Crippen LogP contribution < -0.4 is 39.3 Å². The molecule has 0 aromatic rings. The molecule has 40 valence electrons. The van der Waals surface area contributed by atoms with Crippen LogP contribution in [-0.4, -0.2) is 0 Å².